The standard InChI is InChI=1S/C11H21NO4S/c1-4-16-11(13)10-6-5-7-12(8-10)17(14,15)9(2)3/h9-10H,4-8H2,1-3H3. The first kappa shape index (κ1) is 14.4. The van der Waals surface area contributed by atoms with Gasteiger partial charge in [0.2, 0.25) is 10.0 Å². The molecule has 6 heteroatoms. The van der Waals surface area contributed by atoms with E-state index in [-0.39, 0.29) is 18.4 Å². The van der Waals surface area contributed by atoms with E-state index in [1.807, 2.05) is 0 Å². The molecule has 0 radical (unpaired) electrons. The van der Waals surface area contributed by atoms with Gasteiger partial charge in [-0.1, -0.05) is 0 Å². The predicted octanol–water partition coefficient (Wildman–Crippen LogP) is 1.000. The van der Waals surface area contributed by atoms with Gasteiger partial charge >= 0.3 is 5.97 Å². The number of carbonyl (C=O) groups excluding carboxylic acids is 1. The second kappa shape index (κ2) is 5.82. The monoisotopic (exact) mass is 263 g/mol. The Morgan fingerprint density at radius 2 is 2.12 bits per heavy atom. The molecule has 1 heterocycles. The van der Waals surface area contributed by atoms with E-state index in [0.717, 1.165) is 6.42 Å². The van der Waals surface area contributed by atoms with Gasteiger partial charge in [-0.3, -0.25) is 4.79 Å². The van der Waals surface area contributed by atoms with Crippen molar-refractivity contribution in [2.45, 2.75) is 38.9 Å². The minimum Gasteiger partial charge on any atom is -0.466 e. The maximum atomic E-state index is 12.0. The lowest BCUT2D eigenvalue weighted by molar-refractivity contribution is -0.149. The van der Waals surface area contributed by atoms with E-state index in [1.54, 1.807) is 20.8 Å². The SMILES string of the molecule is CCOC(=O)C1CCCN(S(=O)(=O)C(C)C)C1. The van der Waals surface area contributed by atoms with Crippen LogP contribution in [0, 0.1) is 5.92 Å². The molecular weight excluding hydrogens is 242 g/mol. The fourth-order valence-electron chi connectivity index (χ4n) is 1.92. The lowest BCUT2D eigenvalue weighted by Gasteiger charge is -2.31. The van der Waals surface area contributed by atoms with E-state index in [1.165, 1.54) is 4.31 Å². The van der Waals surface area contributed by atoms with E-state index in [2.05, 4.69) is 0 Å². The number of rotatable bonds is 4. The molecule has 0 aromatic rings. The second-order valence-electron chi connectivity index (χ2n) is 4.54. The normalized spacial score (nSPS) is 22.7. The summed E-state index contributed by atoms with van der Waals surface area (Å²) in [5.41, 5.74) is 0. The van der Waals surface area contributed by atoms with Crippen molar-refractivity contribution in [1.29, 1.82) is 0 Å². The average Bonchev–Trinajstić information content (AvgIpc) is 2.29. The van der Waals surface area contributed by atoms with Gasteiger partial charge in [0.05, 0.1) is 17.8 Å². The van der Waals surface area contributed by atoms with E-state index < -0.39 is 15.3 Å². The Morgan fingerprint density at radius 1 is 1.47 bits per heavy atom. The minimum absolute atomic E-state index is 0.263. The summed E-state index contributed by atoms with van der Waals surface area (Å²) in [6.45, 7) is 6.18. The number of piperidine rings is 1. The van der Waals surface area contributed by atoms with Gasteiger partial charge in [-0.15, -0.1) is 0 Å². The van der Waals surface area contributed by atoms with E-state index >= 15 is 0 Å². The van der Waals surface area contributed by atoms with Gasteiger partial charge in [-0.2, -0.15) is 0 Å². The summed E-state index contributed by atoms with van der Waals surface area (Å²) in [7, 11) is -3.26. The molecule has 1 aliphatic heterocycles. The van der Waals surface area contributed by atoms with Gasteiger partial charge in [0.25, 0.3) is 0 Å². The molecule has 0 N–H and O–H groups in total. The molecule has 1 rings (SSSR count). The van der Waals surface area contributed by atoms with Gasteiger partial charge in [-0.05, 0) is 33.6 Å². The lowest BCUT2D eigenvalue weighted by atomic mass is 10.0. The molecule has 17 heavy (non-hydrogen) atoms. The lowest BCUT2D eigenvalue weighted by Crippen LogP contribution is -2.45. The van der Waals surface area contributed by atoms with Gasteiger partial charge in [0, 0.05) is 13.1 Å². The summed E-state index contributed by atoms with van der Waals surface area (Å²) in [5, 5.41) is -0.441. The third kappa shape index (κ3) is 3.42. The molecule has 1 atom stereocenters. The van der Waals surface area contributed by atoms with Crippen molar-refractivity contribution >= 4 is 16.0 Å². The van der Waals surface area contributed by atoms with Crippen LogP contribution in [0.2, 0.25) is 0 Å². The number of nitrogens with zero attached hydrogens (tertiary/aromatic N) is 1. The summed E-state index contributed by atoms with van der Waals surface area (Å²) in [6.07, 6.45) is 1.43. The zero-order valence-corrected chi connectivity index (χ0v) is 11.5. The molecule has 100 valence electrons. The fraction of sp³-hybridized carbons (Fsp3) is 0.909. The van der Waals surface area contributed by atoms with Gasteiger partial charge < -0.3 is 4.74 Å². The van der Waals surface area contributed by atoms with Crippen LogP contribution in [-0.4, -0.2) is 43.6 Å². The Bertz CT molecular complexity index is 364. The van der Waals surface area contributed by atoms with Crippen LogP contribution in [0.5, 0.6) is 0 Å². The highest BCUT2D eigenvalue weighted by molar-refractivity contribution is 7.89. The zero-order valence-electron chi connectivity index (χ0n) is 10.7. The van der Waals surface area contributed by atoms with Crippen LogP contribution in [0.4, 0.5) is 0 Å². The van der Waals surface area contributed by atoms with Crippen LogP contribution in [0.1, 0.15) is 33.6 Å². The van der Waals surface area contributed by atoms with E-state index in [0.29, 0.717) is 19.6 Å². The van der Waals surface area contributed by atoms with Crippen molar-refractivity contribution in [2.24, 2.45) is 5.92 Å². The fourth-order valence-corrected chi connectivity index (χ4v) is 3.29. The van der Waals surface area contributed by atoms with Crippen LogP contribution in [0.25, 0.3) is 0 Å². The van der Waals surface area contributed by atoms with Crippen molar-refractivity contribution in [2.75, 3.05) is 19.7 Å². The molecule has 0 spiro atoms. The number of ether oxygens (including phenoxy) is 1. The maximum absolute atomic E-state index is 12.0. The highest BCUT2D eigenvalue weighted by Crippen LogP contribution is 2.22. The summed E-state index contributed by atoms with van der Waals surface area (Å²) >= 11 is 0. The Hall–Kier alpha value is -0.620. The summed E-state index contributed by atoms with van der Waals surface area (Å²) in [4.78, 5) is 11.6. The molecule has 0 amide bonds. The Kier molecular flexibility index (Phi) is 4.94. The van der Waals surface area contributed by atoms with Crippen molar-refractivity contribution in [3.05, 3.63) is 0 Å². The summed E-state index contributed by atoms with van der Waals surface area (Å²) in [5.74, 6) is -0.589. The Morgan fingerprint density at radius 3 is 2.65 bits per heavy atom. The maximum Gasteiger partial charge on any atom is 0.310 e. The Labute approximate surface area is 103 Å². The zero-order chi connectivity index (χ0) is 13.1. The van der Waals surface area contributed by atoms with Crippen LogP contribution in [0.3, 0.4) is 0 Å². The number of sulfonamides is 1. The summed E-state index contributed by atoms with van der Waals surface area (Å²) in [6, 6.07) is 0. The van der Waals surface area contributed by atoms with Crippen molar-refractivity contribution < 1.29 is 17.9 Å². The first-order valence-corrected chi connectivity index (χ1v) is 7.55. The quantitative estimate of drug-likeness (QED) is 0.710. The van der Waals surface area contributed by atoms with Crippen LogP contribution in [-0.2, 0) is 19.6 Å². The molecule has 1 unspecified atom stereocenters. The molecule has 0 aliphatic carbocycles. The van der Waals surface area contributed by atoms with Gasteiger partial charge in [-0.25, -0.2) is 12.7 Å². The largest absolute Gasteiger partial charge is 0.466 e. The molecule has 0 aromatic heterocycles. The highest BCUT2D eigenvalue weighted by atomic mass is 32.2. The van der Waals surface area contributed by atoms with Crippen LogP contribution >= 0.6 is 0 Å². The molecule has 1 saturated heterocycles. The number of carbonyl (C=O) groups is 1. The van der Waals surface area contributed by atoms with Crippen LogP contribution in [0.15, 0.2) is 0 Å². The molecular formula is C11H21NO4S. The third-order valence-electron chi connectivity index (χ3n) is 2.96. The van der Waals surface area contributed by atoms with Gasteiger partial charge in [0.1, 0.15) is 0 Å². The van der Waals surface area contributed by atoms with Crippen LogP contribution < -0.4 is 0 Å². The number of esters is 1. The van der Waals surface area contributed by atoms with E-state index in [4.69, 9.17) is 4.74 Å². The summed E-state index contributed by atoms with van der Waals surface area (Å²) < 4.78 is 30.3. The first-order chi connectivity index (χ1) is 7.89. The minimum atomic E-state index is -3.26. The average molecular weight is 263 g/mol. The molecule has 1 fully saturated rings. The van der Waals surface area contributed by atoms with Crippen molar-refractivity contribution in [3.63, 3.8) is 0 Å². The predicted molar refractivity (Wildman–Crippen MR) is 65.0 cm³/mol. The molecule has 1 aliphatic rings. The number of hydrogen-bond acceptors (Lipinski definition) is 4. The highest BCUT2D eigenvalue weighted by Gasteiger charge is 2.34. The van der Waals surface area contributed by atoms with Crippen molar-refractivity contribution in [1.82, 2.24) is 4.31 Å². The second-order valence-corrected chi connectivity index (χ2v) is 7.03. The topological polar surface area (TPSA) is 63.7 Å². The Balaban J connectivity index is 2.70. The molecule has 0 aromatic carbocycles. The van der Waals surface area contributed by atoms with Gasteiger partial charge in [0.15, 0.2) is 0 Å². The molecule has 5 nitrogen and oxygen atoms in total. The third-order valence-corrected chi connectivity index (χ3v) is 5.20. The number of hydrogen-bond donors (Lipinski definition) is 0. The molecule has 0 bridgehead atoms. The smallest absolute Gasteiger partial charge is 0.310 e. The van der Waals surface area contributed by atoms with E-state index in [9.17, 15) is 13.2 Å². The molecule has 0 saturated carbocycles. The van der Waals surface area contributed by atoms with Crippen molar-refractivity contribution in [3.8, 4) is 0 Å². The first-order valence-electron chi connectivity index (χ1n) is 6.05.